The number of unbranched alkanes of at least 4 members (excludes halogenated alkanes) is 26. The SMILES string of the molecule is CCCCCCCCCCCCCCCCOCC(O)C(O)COCCCCCCCCCCCCCCCC. The predicted octanol–water partition coefficient (Wildman–Crippen LogP) is 10.7. The summed E-state index contributed by atoms with van der Waals surface area (Å²) < 4.78 is 11.2. The Morgan fingerprint density at radius 2 is 0.525 bits per heavy atom. The highest BCUT2D eigenvalue weighted by Crippen LogP contribution is 2.14. The summed E-state index contributed by atoms with van der Waals surface area (Å²) in [6, 6.07) is 0. The van der Waals surface area contributed by atoms with Crippen LogP contribution in [-0.2, 0) is 9.47 Å². The summed E-state index contributed by atoms with van der Waals surface area (Å²) in [4.78, 5) is 0. The van der Waals surface area contributed by atoms with E-state index in [1.54, 1.807) is 0 Å². The molecule has 2 N–H and O–H groups in total. The van der Waals surface area contributed by atoms with Gasteiger partial charge in [-0.2, -0.15) is 0 Å². The fourth-order valence-electron chi connectivity index (χ4n) is 5.43. The van der Waals surface area contributed by atoms with Gasteiger partial charge in [0.2, 0.25) is 0 Å². The Bertz CT molecular complexity index is 405. The second-order valence-electron chi connectivity index (χ2n) is 12.5. The third-order valence-electron chi connectivity index (χ3n) is 8.31. The van der Waals surface area contributed by atoms with E-state index in [0.717, 1.165) is 12.8 Å². The predicted molar refractivity (Wildman–Crippen MR) is 174 cm³/mol. The molecule has 4 heteroatoms. The monoisotopic (exact) mass is 571 g/mol. The molecule has 0 aromatic carbocycles. The zero-order chi connectivity index (χ0) is 29.2. The summed E-state index contributed by atoms with van der Waals surface area (Å²) >= 11 is 0. The van der Waals surface area contributed by atoms with Crippen LogP contribution in [0.4, 0.5) is 0 Å². The van der Waals surface area contributed by atoms with Crippen LogP contribution in [-0.4, -0.2) is 48.8 Å². The minimum Gasteiger partial charge on any atom is -0.388 e. The van der Waals surface area contributed by atoms with Gasteiger partial charge in [-0.05, 0) is 12.8 Å². The van der Waals surface area contributed by atoms with E-state index in [9.17, 15) is 10.2 Å². The molecule has 242 valence electrons. The molecule has 0 saturated heterocycles. The normalized spacial score (nSPS) is 13.2. The Kier molecular flexibility index (Phi) is 34.9. The summed E-state index contributed by atoms with van der Waals surface area (Å²) in [5, 5.41) is 20.2. The van der Waals surface area contributed by atoms with Gasteiger partial charge in [0.25, 0.3) is 0 Å². The fraction of sp³-hybridized carbons (Fsp3) is 1.00. The van der Waals surface area contributed by atoms with Crippen molar-refractivity contribution in [2.75, 3.05) is 26.4 Å². The Balaban J connectivity index is 3.26. The average Bonchev–Trinajstić information content (AvgIpc) is 2.96. The molecular formula is C36H74O4. The summed E-state index contributed by atoms with van der Waals surface area (Å²) in [5.74, 6) is 0. The molecule has 0 heterocycles. The van der Waals surface area contributed by atoms with Gasteiger partial charge in [-0.15, -0.1) is 0 Å². The maximum atomic E-state index is 10.1. The largest absolute Gasteiger partial charge is 0.388 e. The van der Waals surface area contributed by atoms with Gasteiger partial charge in [-0.25, -0.2) is 0 Å². The van der Waals surface area contributed by atoms with Gasteiger partial charge in [0, 0.05) is 13.2 Å². The molecule has 0 bridgehead atoms. The fourth-order valence-corrected chi connectivity index (χ4v) is 5.43. The first-order valence-corrected chi connectivity index (χ1v) is 18.2. The van der Waals surface area contributed by atoms with Crippen molar-refractivity contribution < 1.29 is 19.7 Å². The number of rotatable bonds is 35. The van der Waals surface area contributed by atoms with E-state index in [-0.39, 0.29) is 13.2 Å². The molecule has 0 aromatic heterocycles. The van der Waals surface area contributed by atoms with Crippen molar-refractivity contribution in [3.63, 3.8) is 0 Å². The highest BCUT2D eigenvalue weighted by molar-refractivity contribution is 4.66. The minimum absolute atomic E-state index is 0.196. The number of aliphatic hydroxyl groups is 2. The Hall–Kier alpha value is -0.160. The zero-order valence-corrected chi connectivity index (χ0v) is 27.5. The van der Waals surface area contributed by atoms with Crippen molar-refractivity contribution in [2.45, 2.75) is 206 Å². The Morgan fingerprint density at radius 1 is 0.325 bits per heavy atom. The number of aliphatic hydroxyl groups excluding tert-OH is 2. The van der Waals surface area contributed by atoms with Gasteiger partial charge in [-0.3, -0.25) is 0 Å². The van der Waals surface area contributed by atoms with E-state index >= 15 is 0 Å². The molecule has 0 amide bonds. The number of hydrogen-bond donors (Lipinski definition) is 2. The molecule has 2 atom stereocenters. The first kappa shape index (κ1) is 39.8. The van der Waals surface area contributed by atoms with Crippen LogP contribution in [0.1, 0.15) is 194 Å². The van der Waals surface area contributed by atoms with Gasteiger partial charge < -0.3 is 19.7 Å². The lowest BCUT2D eigenvalue weighted by Crippen LogP contribution is -2.34. The van der Waals surface area contributed by atoms with Gasteiger partial charge in [0.05, 0.1) is 13.2 Å². The van der Waals surface area contributed by atoms with E-state index in [1.165, 1.54) is 167 Å². The van der Waals surface area contributed by atoms with Crippen molar-refractivity contribution >= 4 is 0 Å². The average molecular weight is 571 g/mol. The smallest absolute Gasteiger partial charge is 0.105 e. The lowest BCUT2D eigenvalue weighted by molar-refractivity contribution is -0.0711. The highest BCUT2D eigenvalue weighted by atomic mass is 16.5. The molecule has 0 rings (SSSR count). The summed E-state index contributed by atoms with van der Waals surface area (Å²) in [6.07, 6.45) is 36.0. The van der Waals surface area contributed by atoms with Crippen LogP contribution in [0.2, 0.25) is 0 Å². The first-order chi connectivity index (χ1) is 19.7. The number of hydrogen-bond acceptors (Lipinski definition) is 4. The molecule has 0 spiro atoms. The lowest BCUT2D eigenvalue weighted by Gasteiger charge is -2.18. The highest BCUT2D eigenvalue weighted by Gasteiger charge is 2.16. The molecule has 0 fully saturated rings. The molecule has 2 unspecified atom stereocenters. The maximum Gasteiger partial charge on any atom is 0.105 e. The quantitative estimate of drug-likeness (QED) is 0.0744. The van der Waals surface area contributed by atoms with Crippen molar-refractivity contribution in [2.24, 2.45) is 0 Å². The Labute approximate surface area is 251 Å². The van der Waals surface area contributed by atoms with E-state index < -0.39 is 12.2 Å². The summed E-state index contributed by atoms with van der Waals surface area (Å²) in [7, 11) is 0. The molecule has 0 aliphatic carbocycles. The Morgan fingerprint density at radius 3 is 0.750 bits per heavy atom. The third kappa shape index (κ3) is 32.4. The van der Waals surface area contributed by atoms with Crippen LogP contribution in [0.25, 0.3) is 0 Å². The van der Waals surface area contributed by atoms with Gasteiger partial charge >= 0.3 is 0 Å². The molecule has 0 aromatic rings. The molecule has 0 radical (unpaired) electrons. The van der Waals surface area contributed by atoms with Crippen LogP contribution in [0.5, 0.6) is 0 Å². The summed E-state index contributed by atoms with van der Waals surface area (Å²) in [6.45, 7) is 6.29. The zero-order valence-electron chi connectivity index (χ0n) is 27.5. The van der Waals surface area contributed by atoms with E-state index in [1.807, 2.05) is 0 Å². The second-order valence-corrected chi connectivity index (χ2v) is 12.5. The van der Waals surface area contributed by atoms with Crippen molar-refractivity contribution in [3.05, 3.63) is 0 Å². The molecule has 40 heavy (non-hydrogen) atoms. The summed E-state index contributed by atoms with van der Waals surface area (Å²) in [5.41, 5.74) is 0. The topological polar surface area (TPSA) is 58.9 Å². The lowest BCUT2D eigenvalue weighted by atomic mass is 10.0. The first-order valence-electron chi connectivity index (χ1n) is 18.2. The van der Waals surface area contributed by atoms with E-state index in [0.29, 0.717) is 13.2 Å². The maximum absolute atomic E-state index is 10.1. The van der Waals surface area contributed by atoms with Gasteiger partial charge in [0.1, 0.15) is 12.2 Å². The van der Waals surface area contributed by atoms with E-state index in [4.69, 9.17) is 9.47 Å². The van der Waals surface area contributed by atoms with Crippen molar-refractivity contribution in [1.29, 1.82) is 0 Å². The molecular weight excluding hydrogens is 496 g/mol. The molecule has 0 aliphatic heterocycles. The van der Waals surface area contributed by atoms with Crippen molar-refractivity contribution in [3.8, 4) is 0 Å². The van der Waals surface area contributed by atoms with Crippen molar-refractivity contribution in [1.82, 2.24) is 0 Å². The molecule has 0 aliphatic rings. The van der Waals surface area contributed by atoms with Gasteiger partial charge in [0.15, 0.2) is 0 Å². The van der Waals surface area contributed by atoms with Crippen LogP contribution in [0, 0.1) is 0 Å². The van der Waals surface area contributed by atoms with E-state index in [2.05, 4.69) is 13.8 Å². The number of ether oxygens (including phenoxy) is 2. The second kappa shape index (κ2) is 35.0. The third-order valence-corrected chi connectivity index (χ3v) is 8.31. The van der Waals surface area contributed by atoms with Crippen LogP contribution < -0.4 is 0 Å². The van der Waals surface area contributed by atoms with Crippen LogP contribution in [0.3, 0.4) is 0 Å². The standard InChI is InChI=1S/C36H74O4/c1-3-5-7-9-11-13-15-17-19-21-23-25-27-29-31-39-33-35(37)36(38)34-40-32-30-28-26-24-22-20-18-16-14-12-10-8-6-4-2/h35-38H,3-34H2,1-2H3. The van der Waals surface area contributed by atoms with Crippen LogP contribution >= 0.6 is 0 Å². The van der Waals surface area contributed by atoms with Gasteiger partial charge in [-0.1, -0.05) is 181 Å². The molecule has 4 nitrogen and oxygen atoms in total. The minimum atomic E-state index is -0.858. The molecule has 0 saturated carbocycles. The van der Waals surface area contributed by atoms with Crippen LogP contribution in [0.15, 0.2) is 0 Å².